The first-order valence-electron chi connectivity index (χ1n) is 1.30. The number of hydrogen-bond donors (Lipinski definition) is 0. The van der Waals surface area contributed by atoms with Crippen LogP contribution >= 0.6 is 0 Å². The second kappa shape index (κ2) is 2.35. The van der Waals surface area contributed by atoms with E-state index in [2.05, 4.69) is 4.43 Å². The molecule has 0 aromatic carbocycles. The van der Waals surface area contributed by atoms with Gasteiger partial charge in [0.1, 0.15) is 0 Å². The molecule has 0 atom stereocenters. The van der Waals surface area contributed by atoms with Gasteiger partial charge in [0.25, 0.3) is 0 Å². The molecule has 1 radical (unpaired) electrons. The summed E-state index contributed by atoms with van der Waals surface area (Å²) in [5.41, 5.74) is 0. The molecule has 0 aliphatic rings. The summed E-state index contributed by atoms with van der Waals surface area (Å²) >= 11 is 0. The normalized spacial score (nSPS) is 9.60. The maximum absolute atomic E-state index is 11.3. The van der Waals surface area contributed by atoms with Crippen LogP contribution < -0.4 is 0 Å². The Hall–Kier alpha value is 0.107. The van der Waals surface area contributed by atoms with E-state index >= 15 is 0 Å². The third kappa shape index (κ3) is 4.11. The van der Waals surface area contributed by atoms with Gasteiger partial charge in [-0.3, -0.25) is 4.11 Å². The van der Waals surface area contributed by atoms with Crippen LogP contribution in [0.15, 0.2) is 0 Å². The average molecular weight is 93.2 g/mol. The van der Waals surface area contributed by atoms with E-state index in [9.17, 15) is 4.11 Å². The Morgan fingerprint density at radius 1 is 1.80 bits per heavy atom. The van der Waals surface area contributed by atoms with Crippen molar-refractivity contribution in [3.8, 4) is 0 Å². The molecule has 0 saturated heterocycles. The fourth-order valence-corrected chi connectivity index (χ4v) is 0. The minimum Gasteiger partial charge on any atom is -0.394 e. The summed E-state index contributed by atoms with van der Waals surface area (Å²) in [6.07, 6.45) is 0. The zero-order chi connectivity index (χ0) is 4.28. The molecular weight excluding hydrogens is 87.1 g/mol. The smallest absolute Gasteiger partial charge is 0.394 e. The summed E-state index contributed by atoms with van der Waals surface area (Å²) < 4.78 is 15.5. The first-order chi connectivity index (χ1) is 2.27. The highest BCUT2D eigenvalue weighted by Crippen LogP contribution is 1.77. The largest absolute Gasteiger partial charge is 0.429 e. The van der Waals surface area contributed by atoms with Gasteiger partial charge in [0, 0.05) is 7.11 Å². The molecule has 0 amide bonds. The van der Waals surface area contributed by atoms with Gasteiger partial charge in [-0.25, -0.2) is 0 Å². The first kappa shape index (κ1) is 5.11. The highest BCUT2D eigenvalue weighted by atomic mass is 28.3. The van der Waals surface area contributed by atoms with Crippen LogP contribution in [0, 0.1) is 0 Å². The molecule has 1 nitrogen and oxygen atoms in total. The molecule has 0 aliphatic carbocycles. The molecule has 0 rings (SSSR count). The maximum atomic E-state index is 11.3. The number of halogens is 1. The Kier molecular flexibility index (Phi) is 2.40. The predicted molar refractivity (Wildman–Crippen MR) is 19.7 cm³/mol. The van der Waals surface area contributed by atoms with E-state index in [1.165, 1.54) is 13.7 Å². The Bertz CT molecular complexity index is 23.6. The summed E-state index contributed by atoms with van der Waals surface area (Å²) in [6.45, 7) is 1.44. The fraction of sp³-hybridized carbons (Fsp3) is 1.00. The van der Waals surface area contributed by atoms with Crippen molar-refractivity contribution in [2.24, 2.45) is 0 Å². The van der Waals surface area contributed by atoms with Crippen molar-refractivity contribution >= 4 is 9.37 Å². The molecule has 0 bridgehead atoms. The van der Waals surface area contributed by atoms with Gasteiger partial charge >= 0.3 is 9.37 Å². The monoisotopic (exact) mass is 93.0 g/mol. The van der Waals surface area contributed by atoms with Gasteiger partial charge < -0.3 is 4.43 Å². The van der Waals surface area contributed by atoms with E-state index in [0.717, 1.165) is 0 Å². The molecule has 0 unspecified atom stereocenters. The minimum atomic E-state index is -1.87. The zero-order valence-corrected chi connectivity index (χ0v) is 4.29. The van der Waals surface area contributed by atoms with Crippen molar-refractivity contribution in [2.75, 3.05) is 7.11 Å². The van der Waals surface area contributed by atoms with E-state index < -0.39 is 9.37 Å². The van der Waals surface area contributed by atoms with E-state index in [0.29, 0.717) is 0 Å². The van der Waals surface area contributed by atoms with Crippen molar-refractivity contribution in [1.29, 1.82) is 0 Å². The Morgan fingerprint density at radius 3 is 2.00 bits per heavy atom. The summed E-state index contributed by atoms with van der Waals surface area (Å²) in [5.74, 6) is 0. The summed E-state index contributed by atoms with van der Waals surface area (Å²) in [6, 6.07) is 0. The second-order valence-corrected chi connectivity index (χ2v) is 2.02. The minimum absolute atomic E-state index is 1.37. The molecule has 0 heterocycles. The van der Waals surface area contributed by atoms with Crippen molar-refractivity contribution < 1.29 is 8.53 Å². The van der Waals surface area contributed by atoms with Gasteiger partial charge in [-0.2, -0.15) is 0 Å². The van der Waals surface area contributed by atoms with Crippen LogP contribution in [0.5, 0.6) is 0 Å². The third-order valence-electron chi connectivity index (χ3n) is 0.281. The zero-order valence-electron chi connectivity index (χ0n) is 3.29. The van der Waals surface area contributed by atoms with Crippen LogP contribution in [0.3, 0.4) is 0 Å². The lowest BCUT2D eigenvalue weighted by Crippen LogP contribution is -1.99. The van der Waals surface area contributed by atoms with Crippen LogP contribution in [0.4, 0.5) is 4.11 Å². The van der Waals surface area contributed by atoms with Crippen LogP contribution in [-0.4, -0.2) is 16.5 Å². The molecule has 0 aliphatic heterocycles. The lowest BCUT2D eigenvalue weighted by atomic mass is 11.8. The lowest BCUT2D eigenvalue weighted by Gasteiger charge is -1.84. The second-order valence-electron chi connectivity index (χ2n) is 0.674. The Labute approximate surface area is 32.7 Å². The quantitative estimate of drug-likeness (QED) is 0.343. The van der Waals surface area contributed by atoms with Gasteiger partial charge in [0.2, 0.25) is 0 Å². The summed E-state index contributed by atoms with van der Waals surface area (Å²) in [4.78, 5) is 0. The van der Waals surface area contributed by atoms with E-state index in [1.807, 2.05) is 0 Å². The fourth-order valence-electron chi connectivity index (χ4n) is 0. The molecule has 0 aromatic heterocycles. The highest BCUT2D eigenvalue weighted by molar-refractivity contribution is 6.41. The molecule has 0 fully saturated rings. The third-order valence-corrected chi connectivity index (χ3v) is 0.844. The predicted octanol–water partition coefficient (Wildman–Crippen LogP) is 0.720. The van der Waals surface area contributed by atoms with Gasteiger partial charge in [-0.15, -0.1) is 0 Å². The average Bonchev–Trinajstić information content (AvgIpc) is 1.38. The van der Waals surface area contributed by atoms with Gasteiger partial charge in [0.15, 0.2) is 0 Å². The SMILES string of the molecule is CO[Si](C)F. The van der Waals surface area contributed by atoms with E-state index in [-0.39, 0.29) is 0 Å². The number of rotatable bonds is 1. The molecule has 31 valence electrons. The Morgan fingerprint density at radius 2 is 2.00 bits per heavy atom. The maximum Gasteiger partial charge on any atom is 0.429 e. The van der Waals surface area contributed by atoms with Gasteiger partial charge in [-0.1, -0.05) is 0 Å². The molecule has 0 spiro atoms. The van der Waals surface area contributed by atoms with Crippen molar-refractivity contribution in [1.82, 2.24) is 0 Å². The van der Waals surface area contributed by atoms with Crippen LogP contribution in [0.25, 0.3) is 0 Å². The van der Waals surface area contributed by atoms with Crippen molar-refractivity contribution in [2.45, 2.75) is 6.55 Å². The first-order valence-corrected chi connectivity index (χ1v) is 3.09. The molecule has 0 saturated carbocycles. The summed E-state index contributed by atoms with van der Waals surface area (Å²) in [7, 11) is -0.505. The lowest BCUT2D eigenvalue weighted by molar-refractivity contribution is 0.383. The van der Waals surface area contributed by atoms with Gasteiger partial charge in [0.05, 0.1) is 0 Å². The van der Waals surface area contributed by atoms with Crippen LogP contribution in [0.1, 0.15) is 0 Å². The topological polar surface area (TPSA) is 9.23 Å². The highest BCUT2D eigenvalue weighted by Gasteiger charge is 1.94. The van der Waals surface area contributed by atoms with Gasteiger partial charge in [-0.05, 0) is 6.55 Å². The summed E-state index contributed by atoms with van der Waals surface area (Å²) in [5, 5.41) is 0. The van der Waals surface area contributed by atoms with Crippen molar-refractivity contribution in [3.63, 3.8) is 0 Å². The molecular formula is C2H6FOSi. The molecule has 0 N–H and O–H groups in total. The van der Waals surface area contributed by atoms with Crippen LogP contribution in [-0.2, 0) is 4.43 Å². The Balaban J connectivity index is 2.54. The molecule has 5 heavy (non-hydrogen) atoms. The van der Waals surface area contributed by atoms with E-state index in [4.69, 9.17) is 0 Å². The van der Waals surface area contributed by atoms with E-state index in [1.54, 1.807) is 0 Å². The molecule has 0 aromatic rings. The standard InChI is InChI=1S/C2H6FOSi/c1-4-5(2)3/h1-2H3. The number of hydrogen-bond acceptors (Lipinski definition) is 1. The molecule has 3 heteroatoms. The van der Waals surface area contributed by atoms with Crippen LogP contribution in [0.2, 0.25) is 6.55 Å². The van der Waals surface area contributed by atoms with Crippen molar-refractivity contribution in [3.05, 3.63) is 0 Å².